The summed E-state index contributed by atoms with van der Waals surface area (Å²) in [5.41, 5.74) is 11.5. The molecule has 0 spiro atoms. The number of hydrogen-bond donors (Lipinski definition) is 4. The summed E-state index contributed by atoms with van der Waals surface area (Å²) in [6.45, 7) is 1.62. The summed E-state index contributed by atoms with van der Waals surface area (Å²) in [7, 11) is 1.62. The van der Waals surface area contributed by atoms with Gasteiger partial charge in [-0.2, -0.15) is 0 Å². The Morgan fingerprint density at radius 3 is 2.78 bits per heavy atom. The van der Waals surface area contributed by atoms with E-state index in [-0.39, 0.29) is 41.5 Å². The van der Waals surface area contributed by atoms with Crippen LogP contribution in [0.15, 0.2) is 16.6 Å². The largest absolute Gasteiger partial charge is 0.473 e. The van der Waals surface area contributed by atoms with Crippen LogP contribution in [0.2, 0.25) is 0 Å². The fraction of sp³-hybridized carbons (Fsp3) is 0.353. The molecule has 1 aliphatic heterocycles. The number of carbonyl (C=O) groups excluding carboxylic acids is 3. The molecule has 1 saturated heterocycles. The number of anilines is 1. The van der Waals surface area contributed by atoms with Crippen LogP contribution in [-0.4, -0.2) is 74.7 Å². The van der Waals surface area contributed by atoms with Crippen molar-refractivity contribution < 1.29 is 24.0 Å². The van der Waals surface area contributed by atoms with Crippen LogP contribution in [0.1, 0.15) is 18.3 Å². The standard InChI is InChI=1S/C17H21N9O5S/c1-8-12(16(29)26(8)7-27)22-15(28)13(9-6-32-17(20)21-9)24-31-4-3-30-11-5-10(14(18)19)25(2)23-11/h5-8,12H,3-4H2,1-2H3,(H3,18,19)(H2,20,21)(H,22,28)/b24-13-/t8-,12-/m0/s1. The molecule has 15 heteroatoms. The number of imide groups is 1. The van der Waals surface area contributed by atoms with Crippen molar-refractivity contribution in [1.82, 2.24) is 25.0 Å². The molecule has 2 atom stereocenters. The molecule has 0 bridgehead atoms. The number of likely N-dealkylation sites (tertiary alicyclic amines) is 1. The van der Waals surface area contributed by atoms with Crippen LogP contribution in [0.3, 0.4) is 0 Å². The summed E-state index contributed by atoms with van der Waals surface area (Å²) in [6, 6.07) is 0.150. The monoisotopic (exact) mass is 463 g/mol. The minimum Gasteiger partial charge on any atom is -0.473 e. The third-order valence-corrected chi connectivity index (χ3v) is 5.21. The highest BCUT2D eigenvalue weighted by Gasteiger charge is 2.45. The van der Waals surface area contributed by atoms with Gasteiger partial charge >= 0.3 is 0 Å². The molecule has 1 aliphatic rings. The number of aryl methyl sites for hydroxylation is 1. The zero-order chi connectivity index (χ0) is 23.4. The average molecular weight is 463 g/mol. The number of ether oxygens (including phenoxy) is 1. The summed E-state index contributed by atoms with van der Waals surface area (Å²) in [5, 5.41) is 19.6. The summed E-state index contributed by atoms with van der Waals surface area (Å²) < 4.78 is 6.82. The zero-order valence-corrected chi connectivity index (χ0v) is 18.0. The van der Waals surface area contributed by atoms with Gasteiger partial charge in [-0.05, 0) is 6.92 Å². The van der Waals surface area contributed by atoms with Gasteiger partial charge in [0.15, 0.2) is 17.5 Å². The molecular formula is C17H21N9O5S. The predicted molar refractivity (Wildman–Crippen MR) is 113 cm³/mol. The van der Waals surface area contributed by atoms with E-state index in [0.717, 1.165) is 16.2 Å². The van der Waals surface area contributed by atoms with Crippen molar-refractivity contribution in [3.05, 3.63) is 22.8 Å². The number of nitrogens with one attached hydrogen (secondary N) is 2. The lowest BCUT2D eigenvalue weighted by Crippen LogP contribution is -2.69. The van der Waals surface area contributed by atoms with E-state index < -0.39 is 23.9 Å². The van der Waals surface area contributed by atoms with Gasteiger partial charge in [-0.15, -0.1) is 16.4 Å². The molecule has 170 valence electrons. The first kappa shape index (κ1) is 22.7. The van der Waals surface area contributed by atoms with E-state index in [9.17, 15) is 14.4 Å². The number of carbonyl (C=O) groups is 3. The molecule has 3 heterocycles. The molecule has 3 rings (SSSR count). The fourth-order valence-corrected chi connectivity index (χ4v) is 3.39. The number of nitrogens with two attached hydrogens (primary N) is 2. The highest BCUT2D eigenvalue weighted by atomic mass is 32.1. The fourth-order valence-electron chi connectivity index (χ4n) is 2.84. The number of amidine groups is 1. The van der Waals surface area contributed by atoms with Crippen LogP contribution in [-0.2, 0) is 26.3 Å². The minimum atomic E-state index is -0.864. The second-order valence-corrected chi connectivity index (χ2v) is 7.53. The Kier molecular flexibility index (Phi) is 6.67. The van der Waals surface area contributed by atoms with Gasteiger partial charge in [-0.3, -0.25) is 29.4 Å². The van der Waals surface area contributed by atoms with Gasteiger partial charge in [0.25, 0.3) is 11.8 Å². The van der Waals surface area contributed by atoms with Crippen molar-refractivity contribution in [2.75, 3.05) is 18.9 Å². The van der Waals surface area contributed by atoms with Crippen molar-refractivity contribution in [2.24, 2.45) is 17.9 Å². The van der Waals surface area contributed by atoms with Crippen LogP contribution in [0, 0.1) is 5.41 Å². The number of β-lactam (4-membered cyclic amide) rings is 1. The van der Waals surface area contributed by atoms with E-state index in [1.165, 1.54) is 16.1 Å². The van der Waals surface area contributed by atoms with Crippen molar-refractivity contribution in [2.45, 2.75) is 19.0 Å². The summed E-state index contributed by atoms with van der Waals surface area (Å²) in [6.07, 6.45) is 0.413. The zero-order valence-electron chi connectivity index (χ0n) is 17.1. The van der Waals surface area contributed by atoms with E-state index in [4.69, 9.17) is 26.5 Å². The Bertz CT molecular complexity index is 1080. The second-order valence-electron chi connectivity index (χ2n) is 6.64. The Labute approximate surface area is 185 Å². The first-order chi connectivity index (χ1) is 15.2. The number of aromatic nitrogens is 3. The molecule has 2 aromatic heterocycles. The van der Waals surface area contributed by atoms with Crippen LogP contribution in [0.25, 0.3) is 0 Å². The molecule has 3 amide bonds. The lowest BCUT2D eigenvalue weighted by Gasteiger charge is -2.41. The first-order valence-corrected chi connectivity index (χ1v) is 10.1. The number of nitrogen functional groups attached to an aromatic ring is 2. The van der Waals surface area contributed by atoms with Crippen LogP contribution in [0.4, 0.5) is 5.13 Å². The maximum Gasteiger partial charge on any atom is 0.276 e. The Morgan fingerprint density at radius 2 is 2.22 bits per heavy atom. The van der Waals surface area contributed by atoms with Crippen LogP contribution < -0.4 is 21.5 Å². The molecule has 0 unspecified atom stereocenters. The second kappa shape index (κ2) is 9.42. The smallest absolute Gasteiger partial charge is 0.276 e. The predicted octanol–water partition coefficient (Wildman–Crippen LogP) is -1.59. The molecule has 1 fully saturated rings. The number of nitrogens with zero attached hydrogens (tertiary/aromatic N) is 5. The highest BCUT2D eigenvalue weighted by Crippen LogP contribution is 2.18. The third-order valence-electron chi connectivity index (χ3n) is 4.54. The first-order valence-electron chi connectivity index (χ1n) is 9.23. The van der Waals surface area contributed by atoms with Gasteiger partial charge in [0.1, 0.15) is 29.9 Å². The van der Waals surface area contributed by atoms with E-state index in [0.29, 0.717) is 12.1 Å². The third kappa shape index (κ3) is 4.66. The van der Waals surface area contributed by atoms with Gasteiger partial charge in [-0.1, -0.05) is 5.16 Å². The number of oxime groups is 1. The topological polar surface area (TPSA) is 204 Å². The molecule has 2 aromatic rings. The molecule has 6 N–H and O–H groups in total. The Balaban J connectivity index is 1.61. The van der Waals surface area contributed by atoms with Crippen LogP contribution in [0.5, 0.6) is 5.88 Å². The van der Waals surface area contributed by atoms with Gasteiger partial charge < -0.3 is 26.4 Å². The lowest BCUT2D eigenvalue weighted by molar-refractivity contribution is -0.156. The SMILES string of the molecule is C[C@H]1[C@H](NC(=O)/C(=N\OCCOc2cc(C(=N)N)n(C)n2)c2csc(N)n2)C(=O)N1C=O. The Morgan fingerprint density at radius 1 is 1.47 bits per heavy atom. The lowest BCUT2D eigenvalue weighted by atomic mass is 9.97. The number of hydrogen-bond acceptors (Lipinski definition) is 11. The van der Waals surface area contributed by atoms with Crippen LogP contribution >= 0.6 is 11.3 Å². The molecule has 0 aliphatic carbocycles. The summed E-state index contributed by atoms with van der Waals surface area (Å²) in [5.74, 6) is -1.13. The average Bonchev–Trinajstić information content (AvgIpc) is 3.34. The quantitative estimate of drug-likeness (QED) is 0.0799. The van der Waals surface area contributed by atoms with E-state index >= 15 is 0 Å². The van der Waals surface area contributed by atoms with Gasteiger partial charge in [0.2, 0.25) is 12.3 Å². The number of thiazole rings is 1. The highest BCUT2D eigenvalue weighted by molar-refractivity contribution is 7.13. The molecular weight excluding hydrogens is 442 g/mol. The molecule has 0 saturated carbocycles. The van der Waals surface area contributed by atoms with Gasteiger partial charge in [0, 0.05) is 18.5 Å². The normalized spacial score (nSPS) is 18.1. The molecule has 32 heavy (non-hydrogen) atoms. The van der Waals surface area contributed by atoms with E-state index in [1.54, 1.807) is 14.0 Å². The maximum absolute atomic E-state index is 12.7. The van der Waals surface area contributed by atoms with E-state index in [1.807, 2.05) is 0 Å². The maximum atomic E-state index is 12.7. The van der Waals surface area contributed by atoms with E-state index in [2.05, 4.69) is 20.6 Å². The summed E-state index contributed by atoms with van der Waals surface area (Å²) >= 11 is 1.11. The molecule has 0 radical (unpaired) electrons. The Hall–Kier alpha value is -4.01. The molecule has 14 nitrogen and oxygen atoms in total. The molecule has 0 aromatic carbocycles. The van der Waals surface area contributed by atoms with Gasteiger partial charge in [-0.25, -0.2) is 4.98 Å². The van der Waals surface area contributed by atoms with Crippen molar-refractivity contribution >= 4 is 46.2 Å². The van der Waals surface area contributed by atoms with Crippen molar-refractivity contribution in [3.8, 4) is 5.88 Å². The van der Waals surface area contributed by atoms with Gasteiger partial charge in [0.05, 0.1) is 6.04 Å². The van der Waals surface area contributed by atoms with Crippen molar-refractivity contribution in [3.63, 3.8) is 0 Å². The number of amides is 3. The minimum absolute atomic E-state index is 0.0401. The number of rotatable bonds is 10. The summed E-state index contributed by atoms with van der Waals surface area (Å²) in [4.78, 5) is 45.7. The van der Waals surface area contributed by atoms with Crippen molar-refractivity contribution in [1.29, 1.82) is 5.41 Å².